The highest BCUT2D eigenvalue weighted by Gasteiger charge is 2.13. The maximum absolute atomic E-state index is 12.4. The molecule has 0 bridgehead atoms. The van der Waals surface area contributed by atoms with E-state index < -0.39 is 0 Å². The molecule has 20 heavy (non-hydrogen) atoms. The summed E-state index contributed by atoms with van der Waals surface area (Å²) in [5, 5.41) is 2.05. The quantitative estimate of drug-likeness (QED) is 0.920. The zero-order valence-electron chi connectivity index (χ0n) is 11.8. The number of rotatable bonds is 5. The molecule has 0 aliphatic rings. The number of hydrogen-bond acceptors (Lipinski definition) is 4. The molecule has 0 atom stereocenters. The second-order valence-electron chi connectivity index (χ2n) is 4.68. The number of nitrogens with two attached hydrogens (primary N) is 1. The summed E-state index contributed by atoms with van der Waals surface area (Å²) in [5.41, 5.74) is 7.21. The number of hydrogen-bond donors (Lipinski definition) is 1. The third kappa shape index (κ3) is 3.57. The highest BCUT2D eigenvalue weighted by Crippen LogP contribution is 2.13. The lowest BCUT2D eigenvalue weighted by Gasteiger charge is -2.17. The SMILES string of the molecule is CCc1cc(C(=O)N(C)CCc2cccs2)cc(N)n1. The molecule has 2 N–H and O–H groups in total. The van der Waals surface area contributed by atoms with Gasteiger partial charge in [0.25, 0.3) is 5.91 Å². The van der Waals surface area contributed by atoms with Crippen LogP contribution in [0.1, 0.15) is 27.9 Å². The van der Waals surface area contributed by atoms with Crippen molar-refractivity contribution in [1.29, 1.82) is 0 Å². The molecule has 0 spiro atoms. The van der Waals surface area contributed by atoms with E-state index in [0.29, 0.717) is 17.9 Å². The van der Waals surface area contributed by atoms with Crippen molar-refractivity contribution in [1.82, 2.24) is 9.88 Å². The van der Waals surface area contributed by atoms with E-state index in [1.165, 1.54) is 4.88 Å². The Morgan fingerprint density at radius 1 is 1.45 bits per heavy atom. The summed E-state index contributed by atoms with van der Waals surface area (Å²) in [6.07, 6.45) is 1.64. The number of carbonyl (C=O) groups is 1. The molecule has 2 aromatic rings. The number of pyridine rings is 1. The van der Waals surface area contributed by atoms with Gasteiger partial charge < -0.3 is 10.6 Å². The maximum atomic E-state index is 12.4. The first-order valence-electron chi connectivity index (χ1n) is 6.64. The van der Waals surface area contributed by atoms with Gasteiger partial charge in [0.2, 0.25) is 0 Å². The fourth-order valence-electron chi connectivity index (χ4n) is 1.97. The van der Waals surface area contributed by atoms with Crippen molar-refractivity contribution in [3.05, 3.63) is 45.8 Å². The largest absolute Gasteiger partial charge is 0.384 e. The Morgan fingerprint density at radius 3 is 2.90 bits per heavy atom. The maximum Gasteiger partial charge on any atom is 0.253 e. The van der Waals surface area contributed by atoms with Gasteiger partial charge >= 0.3 is 0 Å². The van der Waals surface area contributed by atoms with Crippen molar-refractivity contribution in [3.8, 4) is 0 Å². The van der Waals surface area contributed by atoms with Gasteiger partial charge in [-0.05, 0) is 36.4 Å². The van der Waals surface area contributed by atoms with Crippen molar-refractivity contribution in [3.63, 3.8) is 0 Å². The number of nitrogens with zero attached hydrogens (tertiary/aromatic N) is 2. The fraction of sp³-hybridized carbons (Fsp3) is 0.333. The van der Waals surface area contributed by atoms with E-state index in [2.05, 4.69) is 11.1 Å². The molecule has 0 aliphatic carbocycles. The number of aromatic nitrogens is 1. The second kappa shape index (κ2) is 6.52. The standard InChI is InChI=1S/C15H19N3OS/c1-3-12-9-11(10-14(16)17-12)15(19)18(2)7-6-13-5-4-8-20-13/h4-5,8-10H,3,6-7H2,1-2H3,(H2,16,17). The summed E-state index contributed by atoms with van der Waals surface area (Å²) in [6.45, 7) is 2.69. The second-order valence-corrected chi connectivity index (χ2v) is 5.71. The van der Waals surface area contributed by atoms with Gasteiger partial charge in [-0.15, -0.1) is 11.3 Å². The average molecular weight is 289 g/mol. The zero-order valence-corrected chi connectivity index (χ0v) is 12.6. The number of carbonyl (C=O) groups excluding carboxylic acids is 1. The molecule has 2 rings (SSSR count). The fourth-order valence-corrected chi connectivity index (χ4v) is 2.67. The lowest BCUT2D eigenvalue weighted by atomic mass is 10.1. The molecule has 0 aliphatic heterocycles. The molecule has 2 aromatic heterocycles. The van der Waals surface area contributed by atoms with Crippen LogP contribution in [0.15, 0.2) is 29.6 Å². The van der Waals surface area contributed by atoms with Crippen molar-refractivity contribution in [2.24, 2.45) is 0 Å². The number of amides is 1. The molecular formula is C15H19N3OS. The Bertz CT molecular complexity index is 581. The molecule has 0 aromatic carbocycles. The first-order chi connectivity index (χ1) is 9.60. The predicted molar refractivity (Wildman–Crippen MR) is 83.0 cm³/mol. The first-order valence-corrected chi connectivity index (χ1v) is 7.52. The van der Waals surface area contributed by atoms with Crippen molar-refractivity contribution >= 4 is 23.1 Å². The highest BCUT2D eigenvalue weighted by molar-refractivity contribution is 7.09. The van der Waals surface area contributed by atoms with Crippen LogP contribution in [0.3, 0.4) is 0 Å². The van der Waals surface area contributed by atoms with Gasteiger partial charge in [-0.2, -0.15) is 0 Å². The third-order valence-corrected chi connectivity index (χ3v) is 4.06. The minimum Gasteiger partial charge on any atom is -0.384 e. The van der Waals surface area contributed by atoms with Crippen LogP contribution in [0.2, 0.25) is 0 Å². The number of aryl methyl sites for hydroxylation is 1. The summed E-state index contributed by atoms with van der Waals surface area (Å²) in [6, 6.07) is 7.57. The van der Waals surface area contributed by atoms with Crippen LogP contribution < -0.4 is 5.73 Å². The van der Waals surface area contributed by atoms with E-state index in [1.807, 2.05) is 31.5 Å². The smallest absolute Gasteiger partial charge is 0.253 e. The monoisotopic (exact) mass is 289 g/mol. The van der Waals surface area contributed by atoms with Crippen LogP contribution in [-0.4, -0.2) is 29.4 Å². The number of likely N-dealkylation sites (N-methyl/N-ethyl adjacent to an activating group) is 1. The van der Waals surface area contributed by atoms with E-state index in [0.717, 1.165) is 18.5 Å². The minimum absolute atomic E-state index is 0.00893. The lowest BCUT2D eigenvalue weighted by Crippen LogP contribution is -2.29. The van der Waals surface area contributed by atoms with Crippen LogP contribution in [0, 0.1) is 0 Å². The highest BCUT2D eigenvalue weighted by atomic mass is 32.1. The Kier molecular flexibility index (Phi) is 4.74. The molecular weight excluding hydrogens is 270 g/mol. The van der Waals surface area contributed by atoms with E-state index in [1.54, 1.807) is 22.3 Å². The summed E-state index contributed by atoms with van der Waals surface area (Å²) in [7, 11) is 1.82. The van der Waals surface area contributed by atoms with Crippen molar-refractivity contribution < 1.29 is 4.79 Å². The van der Waals surface area contributed by atoms with E-state index in [4.69, 9.17) is 5.73 Å². The van der Waals surface area contributed by atoms with Gasteiger partial charge in [0.05, 0.1) is 0 Å². The normalized spacial score (nSPS) is 10.5. The van der Waals surface area contributed by atoms with E-state index in [-0.39, 0.29) is 5.91 Å². The Labute approximate surface area is 123 Å². The summed E-state index contributed by atoms with van der Waals surface area (Å²) >= 11 is 1.71. The van der Waals surface area contributed by atoms with Crippen molar-refractivity contribution in [2.45, 2.75) is 19.8 Å². The van der Waals surface area contributed by atoms with Crippen LogP contribution >= 0.6 is 11.3 Å². The minimum atomic E-state index is -0.00893. The van der Waals surface area contributed by atoms with Gasteiger partial charge in [-0.1, -0.05) is 13.0 Å². The van der Waals surface area contributed by atoms with Gasteiger partial charge in [0.1, 0.15) is 5.82 Å². The van der Waals surface area contributed by atoms with E-state index in [9.17, 15) is 4.79 Å². The third-order valence-electron chi connectivity index (χ3n) is 3.13. The molecule has 0 radical (unpaired) electrons. The molecule has 0 saturated carbocycles. The Balaban J connectivity index is 2.04. The Morgan fingerprint density at radius 2 is 2.25 bits per heavy atom. The number of thiophene rings is 1. The molecule has 2 heterocycles. The Hall–Kier alpha value is -1.88. The molecule has 106 valence electrons. The first kappa shape index (κ1) is 14.5. The molecule has 1 amide bonds. The molecule has 0 saturated heterocycles. The van der Waals surface area contributed by atoms with Crippen LogP contribution in [-0.2, 0) is 12.8 Å². The molecule has 0 unspecified atom stereocenters. The van der Waals surface area contributed by atoms with Gasteiger partial charge in [0.15, 0.2) is 0 Å². The summed E-state index contributed by atoms with van der Waals surface area (Å²) in [5.74, 6) is 0.393. The molecule has 5 heteroatoms. The van der Waals surface area contributed by atoms with E-state index >= 15 is 0 Å². The molecule has 0 fully saturated rings. The van der Waals surface area contributed by atoms with Crippen molar-refractivity contribution in [2.75, 3.05) is 19.3 Å². The number of anilines is 1. The van der Waals surface area contributed by atoms with Crippen LogP contribution in [0.4, 0.5) is 5.82 Å². The summed E-state index contributed by atoms with van der Waals surface area (Å²) in [4.78, 5) is 19.6. The zero-order chi connectivity index (χ0) is 14.5. The van der Waals surface area contributed by atoms with Gasteiger partial charge in [-0.25, -0.2) is 4.98 Å². The van der Waals surface area contributed by atoms with Gasteiger partial charge in [0, 0.05) is 29.7 Å². The number of nitrogen functional groups attached to an aromatic ring is 1. The van der Waals surface area contributed by atoms with Crippen LogP contribution in [0.5, 0.6) is 0 Å². The topological polar surface area (TPSA) is 59.2 Å². The van der Waals surface area contributed by atoms with Gasteiger partial charge in [-0.3, -0.25) is 4.79 Å². The summed E-state index contributed by atoms with van der Waals surface area (Å²) < 4.78 is 0. The average Bonchev–Trinajstić information content (AvgIpc) is 2.96. The predicted octanol–water partition coefficient (Wildman–Crippen LogP) is 2.60. The lowest BCUT2D eigenvalue weighted by molar-refractivity contribution is 0.0796. The van der Waals surface area contributed by atoms with Crippen LogP contribution in [0.25, 0.3) is 0 Å². The molecule has 4 nitrogen and oxygen atoms in total.